The van der Waals surface area contributed by atoms with Crippen LogP contribution in [0.2, 0.25) is 4.34 Å². The number of anilines is 1. The number of Topliss-reactive ketones (excluding diaryl/α,β-unsaturated/α-hetero) is 1. The Kier molecular flexibility index (Phi) is 6.26. The largest absolute Gasteiger partial charge is 0.496 e. The van der Waals surface area contributed by atoms with E-state index in [9.17, 15) is 9.59 Å². The molecule has 3 rings (SSSR count). The number of carbonyl (C=O) groups excluding carboxylic acids is 2. The molecule has 3 aromatic rings. The molecule has 140 valence electrons. The van der Waals surface area contributed by atoms with E-state index in [-0.39, 0.29) is 24.5 Å². The average molecular weight is 421 g/mol. The van der Waals surface area contributed by atoms with Crippen molar-refractivity contribution >= 4 is 51.1 Å². The number of carbonyl (C=O) groups is 2. The fourth-order valence-electron chi connectivity index (χ4n) is 2.47. The van der Waals surface area contributed by atoms with Gasteiger partial charge in [-0.15, -0.1) is 22.7 Å². The summed E-state index contributed by atoms with van der Waals surface area (Å²) in [7, 11) is 1.61. The molecule has 2 heterocycles. The van der Waals surface area contributed by atoms with Gasteiger partial charge in [-0.1, -0.05) is 23.2 Å². The van der Waals surface area contributed by atoms with E-state index in [1.54, 1.807) is 19.2 Å². The van der Waals surface area contributed by atoms with E-state index in [4.69, 9.17) is 16.3 Å². The lowest BCUT2D eigenvalue weighted by Crippen LogP contribution is -2.13. The molecule has 8 heteroatoms. The molecule has 0 aliphatic carbocycles. The summed E-state index contributed by atoms with van der Waals surface area (Å²) in [5, 5.41) is 5.11. The third-order valence-corrected chi connectivity index (χ3v) is 5.84. The Labute approximate surface area is 170 Å². The second kappa shape index (κ2) is 8.65. The van der Waals surface area contributed by atoms with Gasteiger partial charge in [0.1, 0.15) is 5.75 Å². The van der Waals surface area contributed by atoms with Gasteiger partial charge in [-0.25, -0.2) is 4.98 Å². The minimum Gasteiger partial charge on any atom is -0.496 e. The van der Waals surface area contributed by atoms with Crippen molar-refractivity contribution in [2.75, 3.05) is 12.4 Å². The minimum absolute atomic E-state index is 0.0913. The number of benzene rings is 1. The molecule has 1 amide bonds. The topological polar surface area (TPSA) is 68.3 Å². The molecule has 0 aliphatic rings. The van der Waals surface area contributed by atoms with Crippen molar-refractivity contribution in [2.24, 2.45) is 0 Å². The monoisotopic (exact) mass is 420 g/mol. The van der Waals surface area contributed by atoms with E-state index >= 15 is 0 Å². The highest BCUT2D eigenvalue weighted by atomic mass is 35.5. The minimum atomic E-state index is -0.247. The van der Waals surface area contributed by atoms with Crippen molar-refractivity contribution < 1.29 is 14.3 Å². The number of ether oxygens (including phenoxy) is 1. The molecule has 0 spiro atoms. The number of ketones is 1. The summed E-state index contributed by atoms with van der Waals surface area (Å²) in [6, 6.07) is 9.20. The van der Waals surface area contributed by atoms with Crippen molar-refractivity contribution in [1.82, 2.24) is 4.98 Å². The Balaban J connectivity index is 1.61. The number of aromatic nitrogens is 1. The molecule has 0 aliphatic heterocycles. The van der Waals surface area contributed by atoms with Gasteiger partial charge in [0.05, 0.1) is 22.0 Å². The smallest absolute Gasteiger partial charge is 0.226 e. The van der Waals surface area contributed by atoms with E-state index in [0.717, 1.165) is 22.6 Å². The number of hydrogen-bond donors (Lipinski definition) is 1. The van der Waals surface area contributed by atoms with Gasteiger partial charge in [0.15, 0.2) is 10.9 Å². The number of halogens is 1. The van der Waals surface area contributed by atoms with Crippen molar-refractivity contribution in [3.8, 4) is 17.0 Å². The Hall–Kier alpha value is -2.22. The Bertz CT molecular complexity index is 981. The number of thiazole rings is 1. The lowest BCUT2D eigenvalue weighted by molar-refractivity contribution is -0.116. The zero-order chi connectivity index (χ0) is 19.4. The highest BCUT2D eigenvalue weighted by Gasteiger charge is 2.14. The number of methoxy groups -OCH3 is 1. The summed E-state index contributed by atoms with van der Waals surface area (Å²) in [4.78, 5) is 29.2. The molecule has 0 atom stereocenters. The van der Waals surface area contributed by atoms with E-state index in [1.807, 2.05) is 30.5 Å². The first-order chi connectivity index (χ1) is 13.0. The molecule has 5 nitrogen and oxygen atoms in total. The Morgan fingerprint density at radius 3 is 2.74 bits per heavy atom. The summed E-state index contributed by atoms with van der Waals surface area (Å²) >= 11 is 8.38. The normalized spacial score (nSPS) is 10.6. The maximum atomic E-state index is 12.1. The third-order valence-electron chi connectivity index (χ3n) is 3.81. The van der Waals surface area contributed by atoms with Gasteiger partial charge in [-0.05, 0) is 31.2 Å². The second-order valence-corrected chi connectivity index (χ2v) is 8.39. The van der Waals surface area contributed by atoms with E-state index in [1.165, 1.54) is 22.7 Å². The summed E-state index contributed by atoms with van der Waals surface area (Å²) in [5.41, 5.74) is 2.70. The first-order valence-electron chi connectivity index (χ1n) is 8.15. The maximum absolute atomic E-state index is 12.1. The quantitative estimate of drug-likeness (QED) is 0.516. The van der Waals surface area contributed by atoms with Crippen LogP contribution in [0.3, 0.4) is 0 Å². The summed E-state index contributed by atoms with van der Waals surface area (Å²) in [5.74, 6) is 0.387. The zero-order valence-corrected chi connectivity index (χ0v) is 17.1. The molecule has 2 aromatic heterocycles. The Morgan fingerprint density at radius 1 is 1.22 bits per heavy atom. The highest BCUT2D eigenvalue weighted by molar-refractivity contribution is 7.18. The van der Waals surface area contributed by atoms with Gasteiger partial charge in [0, 0.05) is 23.8 Å². The SMILES string of the molecule is COc1ccc(C)cc1-c1csc(NC(=O)CCC(=O)c2ccc(Cl)s2)n1. The first kappa shape index (κ1) is 19.5. The molecule has 0 radical (unpaired) electrons. The molecule has 0 saturated heterocycles. The standard InChI is InChI=1S/C19H17ClN2O3S2/c1-11-3-5-15(25-2)12(9-11)13-10-26-19(21-13)22-18(24)8-4-14(23)16-6-7-17(20)27-16/h3,5-7,9-10H,4,8H2,1-2H3,(H,21,22,24). The number of nitrogens with zero attached hydrogens (tertiary/aromatic N) is 1. The molecule has 1 N–H and O–H groups in total. The second-order valence-electron chi connectivity index (χ2n) is 5.82. The van der Waals surface area contributed by atoms with Crippen LogP contribution < -0.4 is 10.1 Å². The van der Waals surface area contributed by atoms with Crippen LogP contribution >= 0.6 is 34.3 Å². The Morgan fingerprint density at radius 2 is 2.04 bits per heavy atom. The number of nitrogens with one attached hydrogen (secondary N) is 1. The van der Waals surface area contributed by atoms with E-state index in [2.05, 4.69) is 10.3 Å². The van der Waals surface area contributed by atoms with Crippen molar-refractivity contribution in [2.45, 2.75) is 19.8 Å². The van der Waals surface area contributed by atoms with Crippen molar-refractivity contribution in [1.29, 1.82) is 0 Å². The molecule has 0 bridgehead atoms. The first-order valence-corrected chi connectivity index (χ1v) is 10.2. The van der Waals surface area contributed by atoms with Crippen LogP contribution in [0.1, 0.15) is 28.1 Å². The van der Waals surface area contributed by atoms with E-state index < -0.39 is 0 Å². The van der Waals surface area contributed by atoms with Crippen molar-refractivity contribution in [3.63, 3.8) is 0 Å². The number of hydrogen-bond acceptors (Lipinski definition) is 6. The van der Waals surface area contributed by atoms with Crippen LogP contribution in [0.25, 0.3) is 11.3 Å². The molecule has 0 unspecified atom stereocenters. The molecule has 27 heavy (non-hydrogen) atoms. The van der Waals surface area contributed by atoms with Crippen LogP contribution in [0.4, 0.5) is 5.13 Å². The van der Waals surface area contributed by atoms with Crippen LogP contribution in [-0.4, -0.2) is 23.8 Å². The predicted molar refractivity (Wildman–Crippen MR) is 110 cm³/mol. The molecule has 0 saturated carbocycles. The van der Waals surface area contributed by atoms with E-state index in [0.29, 0.717) is 14.3 Å². The summed E-state index contributed by atoms with van der Waals surface area (Å²) < 4.78 is 5.95. The van der Waals surface area contributed by atoms with Crippen LogP contribution in [0.15, 0.2) is 35.7 Å². The number of amides is 1. The molecule has 1 aromatic carbocycles. The fraction of sp³-hybridized carbons (Fsp3) is 0.211. The van der Waals surface area contributed by atoms with Crippen LogP contribution in [0.5, 0.6) is 5.75 Å². The highest BCUT2D eigenvalue weighted by Crippen LogP contribution is 2.33. The maximum Gasteiger partial charge on any atom is 0.226 e. The third kappa shape index (κ3) is 4.94. The van der Waals surface area contributed by atoms with Gasteiger partial charge in [-0.2, -0.15) is 0 Å². The molecular formula is C19H17ClN2O3S2. The predicted octanol–water partition coefficient (Wildman–Crippen LogP) is 5.44. The van der Waals surface area contributed by atoms with Crippen LogP contribution in [-0.2, 0) is 4.79 Å². The summed E-state index contributed by atoms with van der Waals surface area (Å²) in [6.45, 7) is 2.00. The van der Waals surface area contributed by atoms with Gasteiger partial charge in [0.25, 0.3) is 0 Å². The number of thiophene rings is 1. The van der Waals surface area contributed by atoms with Gasteiger partial charge >= 0.3 is 0 Å². The molecular weight excluding hydrogens is 404 g/mol. The van der Waals surface area contributed by atoms with Crippen molar-refractivity contribution in [3.05, 3.63) is 50.5 Å². The lowest BCUT2D eigenvalue weighted by atomic mass is 10.1. The van der Waals surface area contributed by atoms with Gasteiger partial charge in [-0.3, -0.25) is 9.59 Å². The van der Waals surface area contributed by atoms with Gasteiger partial charge < -0.3 is 10.1 Å². The van der Waals surface area contributed by atoms with Crippen LogP contribution in [0, 0.1) is 6.92 Å². The molecule has 0 fully saturated rings. The number of aryl methyl sites for hydroxylation is 1. The number of rotatable bonds is 7. The van der Waals surface area contributed by atoms with Gasteiger partial charge in [0.2, 0.25) is 5.91 Å². The fourth-order valence-corrected chi connectivity index (χ4v) is 4.21. The zero-order valence-electron chi connectivity index (χ0n) is 14.7. The average Bonchev–Trinajstić information content (AvgIpc) is 3.29. The summed E-state index contributed by atoms with van der Waals surface area (Å²) in [6.07, 6.45) is 0.226. The lowest BCUT2D eigenvalue weighted by Gasteiger charge is -2.07.